The number of hydrogen-bond acceptors (Lipinski definition) is 2. The van der Waals surface area contributed by atoms with Crippen molar-refractivity contribution in [1.82, 2.24) is 0 Å². The molecular formula is C48H37NO. The van der Waals surface area contributed by atoms with Gasteiger partial charge in [0.25, 0.3) is 0 Å². The molecule has 0 unspecified atom stereocenters. The van der Waals surface area contributed by atoms with Crippen LogP contribution in [0.2, 0.25) is 0 Å². The van der Waals surface area contributed by atoms with Gasteiger partial charge < -0.3 is 9.32 Å². The topological polar surface area (TPSA) is 16.4 Å². The molecule has 2 aliphatic carbocycles. The molecule has 10 rings (SSSR count). The zero-order valence-electron chi connectivity index (χ0n) is 28.8. The summed E-state index contributed by atoms with van der Waals surface area (Å²) in [5.41, 5.74) is 18.2. The molecule has 0 amide bonds. The van der Waals surface area contributed by atoms with Crippen molar-refractivity contribution in [2.75, 3.05) is 4.90 Å². The molecule has 0 aliphatic heterocycles. The second-order valence-electron chi connectivity index (χ2n) is 14.9. The van der Waals surface area contributed by atoms with E-state index in [1.165, 1.54) is 67.0 Å². The molecule has 0 radical (unpaired) electrons. The first-order chi connectivity index (χ1) is 24.3. The zero-order valence-corrected chi connectivity index (χ0v) is 28.8. The number of para-hydroxylation sites is 1. The number of hydrogen-bond donors (Lipinski definition) is 0. The number of nitrogens with zero attached hydrogens (tertiary/aromatic N) is 1. The highest BCUT2D eigenvalue weighted by atomic mass is 16.3. The summed E-state index contributed by atoms with van der Waals surface area (Å²) in [7, 11) is 0. The van der Waals surface area contributed by atoms with Gasteiger partial charge in [0.15, 0.2) is 0 Å². The van der Waals surface area contributed by atoms with E-state index in [4.69, 9.17) is 4.42 Å². The highest BCUT2D eigenvalue weighted by Crippen LogP contribution is 2.58. The third-order valence-corrected chi connectivity index (χ3v) is 11.5. The molecule has 8 aromatic rings. The molecule has 0 saturated carbocycles. The number of anilines is 3. The normalized spacial score (nSPS) is 14.7. The summed E-state index contributed by atoms with van der Waals surface area (Å²) in [6, 6.07) is 55.7. The van der Waals surface area contributed by atoms with Gasteiger partial charge in [-0.2, -0.15) is 0 Å². The van der Waals surface area contributed by atoms with Crippen LogP contribution in [0.3, 0.4) is 0 Å². The van der Waals surface area contributed by atoms with Crippen LogP contribution in [0.15, 0.2) is 156 Å². The summed E-state index contributed by atoms with van der Waals surface area (Å²) in [5.74, 6) is 0. The maximum atomic E-state index is 6.19. The first kappa shape index (κ1) is 29.1. The van der Waals surface area contributed by atoms with Gasteiger partial charge in [0, 0.05) is 38.4 Å². The quantitative estimate of drug-likeness (QED) is 0.190. The van der Waals surface area contributed by atoms with Crippen molar-refractivity contribution in [2.24, 2.45) is 0 Å². The van der Waals surface area contributed by atoms with Crippen LogP contribution in [-0.2, 0) is 10.8 Å². The minimum Gasteiger partial charge on any atom is -0.456 e. The Bertz CT molecular complexity index is 2560. The molecule has 0 bridgehead atoms. The summed E-state index contributed by atoms with van der Waals surface area (Å²) < 4.78 is 6.19. The van der Waals surface area contributed by atoms with Gasteiger partial charge in [0.2, 0.25) is 0 Å². The van der Waals surface area contributed by atoms with E-state index >= 15 is 0 Å². The van der Waals surface area contributed by atoms with Gasteiger partial charge in [0.05, 0.1) is 11.4 Å². The van der Waals surface area contributed by atoms with Crippen molar-refractivity contribution in [3.63, 3.8) is 0 Å². The van der Waals surface area contributed by atoms with Gasteiger partial charge in [0.1, 0.15) is 11.2 Å². The van der Waals surface area contributed by atoms with Crippen LogP contribution in [0.4, 0.5) is 17.1 Å². The fourth-order valence-electron chi connectivity index (χ4n) is 8.98. The maximum absolute atomic E-state index is 6.19. The highest BCUT2D eigenvalue weighted by Gasteiger charge is 2.40. The lowest BCUT2D eigenvalue weighted by molar-refractivity contribution is 0.660. The Kier molecular flexibility index (Phi) is 6.01. The van der Waals surface area contributed by atoms with Crippen LogP contribution in [-0.4, -0.2) is 0 Å². The van der Waals surface area contributed by atoms with E-state index in [1.807, 2.05) is 12.1 Å². The van der Waals surface area contributed by atoms with E-state index in [-0.39, 0.29) is 10.8 Å². The molecule has 0 saturated heterocycles. The maximum Gasteiger partial charge on any atom is 0.135 e. The zero-order chi connectivity index (χ0) is 33.8. The molecule has 0 N–H and O–H groups in total. The summed E-state index contributed by atoms with van der Waals surface area (Å²) >= 11 is 0. The predicted molar refractivity (Wildman–Crippen MR) is 209 cm³/mol. The Balaban J connectivity index is 1.24. The van der Waals surface area contributed by atoms with E-state index < -0.39 is 0 Å². The first-order valence-electron chi connectivity index (χ1n) is 17.6. The number of fused-ring (bicyclic) bond motifs is 9. The van der Waals surface area contributed by atoms with Crippen molar-refractivity contribution in [3.8, 4) is 33.4 Å². The number of furan rings is 1. The lowest BCUT2D eigenvalue weighted by atomic mass is 9.82. The van der Waals surface area contributed by atoms with Crippen LogP contribution in [0, 0.1) is 0 Å². The molecule has 0 fully saturated rings. The lowest BCUT2D eigenvalue weighted by Gasteiger charge is -2.31. The van der Waals surface area contributed by atoms with Crippen molar-refractivity contribution in [1.29, 1.82) is 0 Å². The lowest BCUT2D eigenvalue weighted by Crippen LogP contribution is -2.17. The summed E-state index contributed by atoms with van der Waals surface area (Å²) in [5, 5.41) is 2.28. The Morgan fingerprint density at radius 3 is 1.60 bits per heavy atom. The minimum atomic E-state index is -0.106. The van der Waals surface area contributed by atoms with Crippen molar-refractivity contribution < 1.29 is 4.42 Å². The molecule has 2 nitrogen and oxygen atoms in total. The first-order valence-corrected chi connectivity index (χ1v) is 17.6. The van der Waals surface area contributed by atoms with E-state index in [0.29, 0.717) is 0 Å². The SMILES string of the molecule is CC1(C)c2ccccc2-c2c(N(c3cccc(-c4ccc5oc6ccccc6c5c4)c3)c3cccc4c3-c3ccccc3C4(C)C)cccc21. The van der Waals surface area contributed by atoms with Crippen LogP contribution in [0.1, 0.15) is 49.9 Å². The molecule has 50 heavy (non-hydrogen) atoms. The average Bonchev–Trinajstić information content (AvgIpc) is 3.72. The largest absolute Gasteiger partial charge is 0.456 e. The van der Waals surface area contributed by atoms with Crippen LogP contribution >= 0.6 is 0 Å². The van der Waals surface area contributed by atoms with Crippen LogP contribution < -0.4 is 4.90 Å². The summed E-state index contributed by atoms with van der Waals surface area (Å²) in [4.78, 5) is 2.53. The van der Waals surface area contributed by atoms with Gasteiger partial charge >= 0.3 is 0 Å². The fourth-order valence-corrected chi connectivity index (χ4v) is 8.98. The van der Waals surface area contributed by atoms with E-state index in [0.717, 1.165) is 27.6 Å². The molecule has 0 spiro atoms. The van der Waals surface area contributed by atoms with E-state index in [2.05, 4.69) is 172 Å². The van der Waals surface area contributed by atoms with Gasteiger partial charge in [-0.25, -0.2) is 0 Å². The molecule has 2 aliphatic rings. The van der Waals surface area contributed by atoms with Gasteiger partial charge in [-0.3, -0.25) is 0 Å². The smallest absolute Gasteiger partial charge is 0.135 e. The van der Waals surface area contributed by atoms with E-state index in [1.54, 1.807) is 0 Å². The monoisotopic (exact) mass is 643 g/mol. The average molecular weight is 644 g/mol. The Labute approximate surface area is 293 Å². The van der Waals surface area contributed by atoms with Gasteiger partial charge in [-0.05, 0) is 87.0 Å². The van der Waals surface area contributed by atoms with E-state index in [9.17, 15) is 0 Å². The Hall–Kier alpha value is -5.86. The highest BCUT2D eigenvalue weighted by molar-refractivity contribution is 6.06. The van der Waals surface area contributed by atoms with Crippen molar-refractivity contribution in [2.45, 2.75) is 38.5 Å². The Morgan fingerprint density at radius 1 is 0.420 bits per heavy atom. The molecule has 240 valence electrons. The summed E-state index contributed by atoms with van der Waals surface area (Å²) in [6.07, 6.45) is 0. The summed E-state index contributed by atoms with van der Waals surface area (Å²) in [6.45, 7) is 9.45. The molecule has 0 atom stereocenters. The van der Waals surface area contributed by atoms with Crippen LogP contribution in [0.5, 0.6) is 0 Å². The van der Waals surface area contributed by atoms with Crippen molar-refractivity contribution >= 4 is 39.0 Å². The molecule has 2 heteroatoms. The third-order valence-electron chi connectivity index (χ3n) is 11.5. The Morgan fingerprint density at radius 2 is 0.940 bits per heavy atom. The standard InChI is InChI=1S/C48H37NO/c1-47(2)37-19-8-5-17-34(37)45-39(47)21-12-23-41(45)49(42-24-13-22-40-46(42)35-18-6-9-20-38(35)48(40,3)4)32-15-11-14-30(28-32)31-26-27-44-36(29-31)33-16-7-10-25-43(33)50-44/h5-29H,1-4H3. The third kappa shape index (κ3) is 3.96. The second-order valence-corrected chi connectivity index (χ2v) is 14.9. The van der Waals surface area contributed by atoms with Crippen molar-refractivity contribution in [3.05, 3.63) is 174 Å². The van der Waals surface area contributed by atoms with Gasteiger partial charge in [-0.15, -0.1) is 0 Å². The number of benzene rings is 7. The van der Waals surface area contributed by atoms with Crippen LogP contribution in [0.25, 0.3) is 55.3 Å². The predicted octanol–water partition coefficient (Wildman–Crippen LogP) is 13.3. The molecule has 7 aromatic carbocycles. The van der Waals surface area contributed by atoms with Gasteiger partial charge in [-0.1, -0.05) is 137 Å². The molecule has 1 heterocycles. The number of rotatable bonds is 4. The minimum absolute atomic E-state index is 0.106. The second kappa shape index (κ2) is 10.3. The molecular weight excluding hydrogens is 607 g/mol. The fraction of sp³-hybridized carbons (Fsp3) is 0.125. The molecule has 1 aromatic heterocycles.